The van der Waals surface area contributed by atoms with Gasteiger partial charge in [-0.25, -0.2) is 0 Å². The van der Waals surface area contributed by atoms with Crippen LogP contribution in [-0.4, -0.2) is 42.8 Å². The molecule has 0 aromatic carbocycles. The Morgan fingerprint density at radius 2 is 2.00 bits per heavy atom. The Bertz CT molecular complexity index is 377. The van der Waals surface area contributed by atoms with E-state index in [0.717, 1.165) is 57.3 Å². The topological polar surface area (TPSA) is 34.6 Å². The normalized spacial score (nSPS) is 15.4. The highest BCUT2D eigenvalue weighted by molar-refractivity contribution is 5.32. The minimum Gasteiger partial charge on any atom is -0.492 e. The fourth-order valence-electron chi connectivity index (χ4n) is 2.07. The van der Waals surface area contributed by atoms with E-state index in [1.807, 2.05) is 27.0 Å². The first-order valence-corrected chi connectivity index (χ1v) is 7.68. The summed E-state index contributed by atoms with van der Waals surface area (Å²) >= 11 is 0. The molecule has 0 aliphatic carbocycles. The number of morpholine rings is 1. The van der Waals surface area contributed by atoms with Gasteiger partial charge in [0.1, 0.15) is 5.75 Å². The van der Waals surface area contributed by atoms with Crippen LogP contribution in [0.15, 0.2) is 12.3 Å². The summed E-state index contributed by atoms with van der Waals surface area (Å²) in [5.41, 5.74) is 2.28. The van der Waals surface area contributed by atoms with Crippen LogP contribution in [0.2, 0.25) is 0 Å². The van der Waals surface area contributed by atoms with E-state index in [0.29, 0.717) is 0 Å². The minimum absolute atomic E-state index is 0.751. The van der Waals surface area contributed by atoms with Gasteiger partial charge in [0.15, 0.2) is 0 Å². The third kappa shape index (κ3) is 5.47. The molecule has 1 aromatic heterocycles. The van der Waals surface area contributed by atoms with Gasteiger partial charge in [-0.15, -0.1) is 0 Å². The first-order valence-electron chi connectivity index (χ1n) is 7.68. The Kier molecular flexibility index (Phi) is 8.23. The first kappa shape index (κ1) is 16.9. The number of hydrogen-bond donors (Lipinski definition) is 0. The number of hydrogen-bond acceptors (Lipinski definition) is 4. The van der Waals surface area contributed by atoms with E-state index in [9.17, 15) is 0 Å². The van der Waals surface area contributed by atoms with E-state index in [1.165, 1.54) is 5.56 Å². The van der Waals surface area contributed by atoms with E-state index < -0.39 is 0 Å². The quantitative estimate of drug-likeness (QED) is 0.830. The average molecular weight is 280 g/mol. The van der Waals surface area contributed by atoms with E-state index in [-0.39, 0.29) is 0 Å². The molecule has 0 bridgehead atoms. The zero-order valence-corrected chi connectivity index (χ0v) is 13.3. The van der Waals surface area contributed by atoms with Crippen LogP contribution in [0.1, 0.15) is 38.4 Å². The van der Waals surface area contributed by atoms with Crippen LogP contribution in [0.25, 0.3) is 0 Å². The van der Waals surface area contributed by atoms with Gasteiger partial charge in [-0.05, 0) is 19.4 Å². The highest BCUT2D eigenvalue weighted by Gasteiger charge is 2.14. The van der Waals surface area contributed by atoms with Gasteiger partial charge < -0.3 is 9.47 Å². The highest BCUT2D eigenvalue weighted by Crippen LogP contribution is 2.20. The molecule has 1 saturated heterocycles. The predicted octanol–water partition coefficient (Wildman–Crippen LogP) is 3.04. The summed E-state index contributed by atoms with van der Waals surface area (Å²) in [7, 11) is 0. The fourth-order valence-corrected chi connectivity index (χ4v) is 2.07. The van der Waals surface area contributed by atoms with Crippen molar-refractivity contribution in [1.82, 2.24) is 9.88 Å². The molecule has 0 saturated carbocycles. The summed E-state index contributed by atoms with van der Waals surface area (Å²) in [4.78, 5) is 6.72. The second-order valence-electron chi connectivity index (χ2n) is 4.67. The van der Waals surface area contributed by atoms with E-state index >= 15 is 0 Å². The number of rotatable bonds is 5. The SMILES string of the molecule is CC.CCCOc1cnc(C)cc1CN1CCOCC1. The van der Waals surface area contributed by atoms with Crippen LogP contribution in [0, 0.1) is 6.92 Å². The number of aryl methyl sites for hydroxylation is 1. The van der Waals surface area contributed by atoms with Gasteiger partial charge in [-0.2, -0.15) is 0 Å². The monoisotopic (exact) mass is 280 g/mol. The largest absolute Gasteiger partial charge is 0.492 e. The Morgan fingerprint density at radius 1 is 1.30 bits per heavy atom. The van der Waals surface area contributed by atoms with Gasteiger partial charge in [0.2, 0.25) is 0 Å². The molecule has 1 fully saturated rings. The van der Waals surface area contributed by atoms with Crippen molar-refractivity contribution in [3.63, 3.8) is 0 Å². The maximum atomic E-state index is 5.76. The second-order valence-corrected chi connectivity index (χ2v) is 4.67. The highest BCUT2D eigenvalue weighted by atomic mass is 16.5. The van der Waals surface area contributed by atoms with Crippen molar-refractivity contribution in [3.05, 3.63) is 23.5 Å². The van der Waals surface area contributed by atoms with Gasteiger partial charge in [-0.3, -0.25) is 9.88 Å². The molecule has 0 N–H and O–H groups in total. The third-order valence-electron chi connectivity index (χ3n) is 3.04. The lowest BCUT2D eigenvalue weighted by Crippen LogP contribution is -2.35. The van der Waals surface area contributed by atoms with E-state index in [1.54, 1.807) is 0 Å². The fraction of sp³-hybridized carbons (Fsp3) is 0.688. The Labute approximate surface area is 123 Å². The molecule has 0 unspecified atom stereocenters. The molecule has 2 rings (SSSR count). The summed E-state index contributed by atoms with van der Waals surface area (Å²) in [6.07, 6.45) is 2.87. The second kappa shape index (κ2) is 9.72. The molecule has 0 amide bonds. The minimum atomic E-state index is 0.751. The molecule has 20 heavy (non-hydrogen) atoms. The summed E-state index contributed by atoms with van der Waals surface area (Å²) in [6.45, 7) is 13.5. The van der Waals surface area contributed by atoms with Crippen molar-refractivity contribution in [2.75, 3.05) is 32.9 Å². The van der Waals surface area contributed by atoms with Gasteiger partial charge in [0.05, 0.1) is 26.0 Å². The number of nitrogens with zero attached hydrogens (tertiary/aromatic N) is 2. The zero-order chi connectivity index (χ0) is 14.8. The molecule has 114 valence electrons. The summed E-state index contributed by atoms with van der Waals surface area (Å²) in [5, 5.41) is 0. The van der Waals surface area contributed by atoms with Crippen molar-refractivity contribution in [3.8, 4) is 5.75 Å². The lowest BCUT2D eigenvalue weighted by atomic mass is 10.2. The first-order chi connectivity index (χ1) is 9.79. The lowest BCUT2D eigenvalue weighted by molar-refractivity contribution is 0.0338. The van der Waals surface area contributed by atoms with Crippen LogP contribution in [0.4, 0.5) is 0 Å². The van der Waals surface area contributed by atoms with Crippen molar-refractivity contribution in [1.29, 1.82) is 0 Å². The van der Waals surface area contributed by atoms with Crippen LogP contribution in [0.5, 0.6) is 5.75 Å². The van der Waals surface area contributed by atoms with Crippen LogP contribution in [-0.2, 0) is 11.3 Å². The maximum Gasteiger partial charge on any atom is 0.142 e. The summed E-state index contributed by atoms with van der Waals surface area (Å²) in [5.74, 6) is 0.925. The molecule has 4 heteroatoms. The van der Waals surface area contributed by atoms with Crippen molar-refractivity contribution in [2.45, 2.75) is 40.7 Å². The standard InChI is InChI=1S/C14H22N2O2.C2H6/c1-3-6-18-14-10-15-12(2)9-13(14)11-16-4-7-17-8-5-16;1-2/h9-10H,3-8,11H2,1-2H3;1-2H3. The molecule has 0 atom stereocenters. The number of aromatic nitrogens is 1. The number of ether oxygens (including phenoxy) is 2. The smallest absolute Gasteiger partial charge is 0.142 e. The zero-order valence-electron chi connectivity index (χ0n) is 13.3. The molecule has 1 aliphatic rings. The van der Waals surface area contributed by atoms with Gasteiger partial charge in [-0.1, -0.05) is 20.8 Å². The molecule has 0 spiro atoms. The van der Waals surface area contributed by atoms with E-state index in [2.05, 4.69) is 22.9 Å². The maximum absolute atomic E-state index is 5.76. The molecule has 1 aliphatic heterocycles. The molecular formula is C16H28N2O2. The van der Waals surface area contributed by atoms with Gasteiger partial charge in [0, 0.05) is 30.9 Å². The molecule has 0 radical (unpaired) electrons. The molecular weight excluding hydrogens is 252 g/mol. The summed E-state index contributed by atoms with van der Waals surface area (Å²) in [6, 6.07) is 2.13. The summed E-state index contributed by atoms with van der Waals surface area (Å²) < 4.78 is 11.1. The molecule has 1 aromatic rings. The lowest BCUT2D eigenvalue weighted by Gasteiger charge is -2.27. The van der Waals surface area contributed by atoms with Crippen LogP contribution < -0.4 is 4.74 Å². The molecule has 2 heterocycles. The van der Waals surface area contributed by atoms with Crippen molar-refractivity contribution >= 4 is 0 Å². The van der Waals surface area contributed by atoms with Gasteiger partial charge >= 0.3 is 0 Å². The number of pyridine rings is 1. The van der Waals surface area contributed by atoms with Crippen molar-refractivity contribution in [2.24, 2.45) is 0 Å². The Morgan fingerprint density at radius 3 is 2.65 bits per heavy atom. The van der Waals surface area contributed by atoms with Gasteiger partial charge in [0.25, 0.3) is 0 Å². The predicted molar refractivity (Wildman–Crippen MR) is 82.2 cm³/mol. The van der Waals surface area contributed by atoms with Crippen LogP contribution >= 0.6 is 0 Å². The molecule has 4 nitrogen and oxygen atoms in total. The van der Waals surface area contributed by atoms with E-state index in [4.69, 9.17) is 9.47 Å². The Hall–Kier alpha value is -1.13. The Balaban J connectivity index is 0.000000956. The van der Waals surface area contributed by atoms with Crippen LogP contribution in [0.3, 0.4) is 0 Å². The van der Waals surface area contributed by atoms with Crippen molar-refractivity contribution < 1.29 is 9.47 Å². The third-order valence-corrected chi connectivity index (χ3v) is 3.04. The average Bonchev–Trinajstić information content (AvgIpc) is 2.50.